The molecule has 0 aliphatic carbocycles. The van der Waals surface area contributed by atoms with E-state index >= 15 is 0 Å². The number of amides is 1. The molecule has 3 heterocycles. The summed E-state index contributed by atoms with van der Waals surface area (Å²) in [4.78, 5) is 38.4. The zero-order valence-corrected chi connectivity index (χ0v) is 19.2. The van der Waals surface area contributed by atoms with E-state index in [-0.39, 0.29) is 11.5 Å². The molecule has 2 aromatic heterocycles. The van der Waals surface area contributed by atoms with E-state index in [9.17, 15) is 9.59 Å². The fourth-order valence-electron chi connectivity index (χ4n) is 4.13. The molecule has 1 saturated heterocycles. The molecule has 1 atom stereocenters. The molecule has 4 aromatic rings. The molecule has 0 saturated carbocycles. The highest BCUT2D eigenvalue weighted by atomic mass is 32.2. The summed E-state index contributed by atoms with van der Waals surface area (Å²) in [5, 5.41) is 0.471. The second kappa shape index (κ2) is 9.19. The lowest BCUT2D eigenvalue weighted by atomic mass is 10.1. The van der Waals surface area contributed by atoms with Crippen LogP contribution < -0.4 is 5.56 Å². The Bertz CT molecular complexity index is 1360. The largest absolute Gasteiger partial charge is 0.341 e. The van der Waals surface area contributed by atoms with Gasteiger partial charge in [0.05, 0.1) is 10.9 Å². The summed E-state index contributed by atoms with van der Waals surface area (Å²) in [6.45, 7) is 3.49. The van der Waals surface area contributed by atoms with Crippen molar-refractivity contribution in [3.05, 3.63) is 94.4 Å². The fraction of sp³-hybridized carbons (Fsp3) is 0.231. The van der Waals surface area contributed by atoms with Crippen molar-refractivity contribution in [2.24, 2.45) is 0 Å². The molecule has 0 spiro atoms. The van der Waals surface area contributed by atoms with Crippen LogP contribution in [-0.2, 0) is 4.79 Å². The third-order valence-corrected chi connectivity index (χ3v) is 7.04. The molecule has 1 fully saturated rings. The van der Waals surface area contributed by atoms with E-state index in [0.717, 1.165) is 37.1 Å². The van der Waals surface area contributed by atoms with Crippen LogP contribution in [0.2, 0.25) is 0 Å². The molecule has 7 heteroatoms. The van der Waals surface area contributed by atoms with Crippen LogP contribution in [0, 0.1) is 6.92 Å². The SMILES string of the molecule is Cc1ccnc(-n2c(S[C@@H](C(=O)N3CCCC3)c3ccccc3)nc3ccccc3c2=O)c1. The monoisotopic (exact) mass is 456 g/mol. The summed E-state index contributed by atoms with van der Waals surface area (Å²) in [7, 11) is 0. The number of likely N-dealkylation sites (tertiary alicyclic amines) is 1. The van der Waals surface area contributed by atoms with Crippen LogP contribution in [0.25, 0.3) is 16.7 Å². The zero-order chi connectivity index (χ0) is 22.8. The predicted molar refractivity (Wildman–Crippen MR) is 131 cm³/mol. The van der Waals surface area contributed by atoms with Crippen LogP contribution in [-0.4, -0.2) is 38.4 Å². The second-order valence-corrected chi connectivity index (χ2v) is 9.26. The topological polar surface area (TPSA) is 68.1 Å². The van der Waals surface area contributed by atoms with Crippen molar-refractivity contribution >= 4 is 28.6 Å². The molecule has 1 amide bonds. The summed E-state index contributed by atoms with van der Waals surface area (Å²) >= 11 is 1.31. The number of benzene rings is 2. The Morgan fingerprint density at radius 3 is 2.48 bits per heavy atom. The molecule has 0 radical (unpaired) electrons. The van der Waals surface area contributed by atoms with Gasteiger partial charge in [-0.1, -0.05) is 54.2 Å². The highest BCUT2D eigenvalue weighted by Crippen LogP contribution is 2.37. The number of hydrogen-bond donors (Lipinski definition) is 0. The van der Waals surface area contributed by atoms with Crippen LogP contribution in [0.3, 0.4) is 0 Å². The minimum Gasteiger partial charge on any atom is -0.341 e. The Labute approximate surface area is 196 Å². The maximum Gasteiger partial charge on any atom is 0.267 e. The van der Waals surface area contributed by atoms with Crippen molar-refractivity contribution in [1.29, 1.82) is 0 Å². The van der Waals surface area contributed by atoms with Gasteiger partial charge in [-0.2, -0.15) is 0 Å². The minimum atomic E-state index is -0.506. The number of aromatic nitrogens is 3. The molecule has 1 aliphatic heterocycles. The third-order valence-electron chi connectivity index (χ3n) is 5.84. The molecule has 33 heavy (non-hydrogen) atoms. The number of fused-ring (bicyclic) bond motifs is 1. The van der Waals surface area contributed by atoms with Crippen LogP contribution in [0.5, 0.6) is 0 Å². The van der Waals surface area contributed by atoms with Crippen LogP contribution in [0.4, 0.5) is 0 Å². The van der Waals surface area contributed by atoms with E-state index in [0.29, 0.717) is 21.9 Å². The Balaban J connectivity index is 1.68. The number of carbonyl (C=O) groups is 1. The molecule has 6 nitrogen and oxygen atoms in total. The Morgan fingerprint density at radius 2 is 1.73 bits per heavy atom. The molecule has 2 aromatic carbocycles. The smallest absolute Gasteiger partial charge is 0.267 e. The third kappa shape index (κ3) is 4.28. The first-order valence-electron chi connectivity index (χ1n) is 11.1. The summed E-state index contributed by atoms with van der Waals surface area (Å²) < 4.78 is 1.53. The molecule has 5 rings (SSSR count). The molecular formula is C26H24N4O2S. The van der Waals surface area contributed by atoms with Crippen LogP contribution in [0.15, 0.2) is 82.9 Å². The summed E-state index contributed by atoms with van der Waals surface area (Å²) in [6.07, 6.45) is 3.72. The van der Waals surface area contributed by atoms with E-state index < -0.39 is 5.25 Å². The van der Waals surface area contributed by atoms with Crippen molar-refractivity contribution < 1.29 is 4.79 Å². The van der Waals surface area contributed by atoms with E-state index in [1.54, 1.807) is 12.3 Å². The highest BCUT2D eigenvalue weighted by Gasteiger charge is 2.30. The van der Waals surface area contributed by atoms with Gasteiger partial charge in [0, 0.05) is 19.3 Å². The molecular weight excluding hydrogens is 432 g/mol. The average Bonchev–Trinajstić information content (AvgIpc) is 3.38. The average molecular weight is 457 g/mol. The standard InChI is InChI=1S/C26H24N4O2S/c1-18-13-14-27-22(17-18)30-24(31)20-11-5-6-12-21(20)28-26(30)33-23(19-9-3-2-4-10-19)25(32)29-15-7-8-16-29/h2-6,9-14,17,23H,7-8,15-16H2,1H3/t23-/m1/s1. The fourth-order valence-corrected chi connectivity index (χ4v) is 5.32. The number of nitrogens with zero attached hydrogens (tertiary/aromatic N) is 4. The second-order valence-electron chi connectivity index (χ2n) is 8.18. The number of hydrogen-bond acceptors (Lipinski definition) is 5. The normalized spacial score (nSPS) is 14.5. The Kier molecular flexibility index (Phi) is 5.96. The van der Waals surface area contributed by atoms with Crippen molar-refractivity contribution in [1.82, 2.24) is 19.4 Å². The van der Waals surface area contributed by atoms with Gasteiger partial charge in [-0.05, 0) is 55.2 Å². The van der Waals surface area contributed by atoms with Gasteiger partial charge >= 0.3 is 0 Å². The van der Waals surface area contributed by atoms with Gasteiger partial charge in [-0.15, -0.1) is 0 Å². The lowest BCUT2D eigenvalue weighted by molar-refractivity contribution is -0.129. The van der Waals surface area contributed by atoms with Crippen molar-refractivity contribution in [2.75, 3.05) is 13.1 Å². The van der Waals surface area contributed by atoms with Crippen LogP contribution >= 0.6 is 11.8 Å². The number of pyridine rings is 1. The van der Waals surface area contributed by atoms with Gasteiger partial charge in [0.2, 0.25) is 5.91 Å². The predicted octanol–water partition coefficient (Wildman–Crippen LogP) is 4.54. The number of thioether (sulfide) groups is 1. The van der Waals surface area contributed by atoms with Gasteiger partial charge in [-0.3, -0.25) is 9.59 Å². The molecule has 0 bridgehead atoms. The summed E-state index contributed by atoms with van der Waals surface area (Å²) in [5.74, 6) is 0.552. The Morgan fingerprint density at radius 1 is 1.00 bits per heavy atom. The lowest BCUT2D eigenvalue weighted by Gasteiger charge is -2.24. The first kappa shape index (κ1) is 21.4. The minimum absolute atomic E-state index is 0.0508. The Hall–Kier alpha value is -3.45. The quantitative estimate of drug-likeness (QED) is 0.326. The molecule has 166 valence electrons. The number of aryl methyl sites for hydroxylation is 1. The lowest BCUT2D eigenvalue weighted by Crippen LogP contribution is -2.32. The van der Waals surface area contributed by atoms with Crippen molar-refractivity contribution in [2.45, 2.75) is 30.2 Å². The highest BCUT2D eigenvalue weighted by molar-refractivity contribution is 8.00. The molecule has 0 N–H and O–H groups in total. The molecule has 1 aliphatic rings. The van der Waals surface area contributed by atoms with Crippen molar-refractivity contribution in [3.63, 3.8) is 0 Å². The molecule has 0 unspecified atom stereocenters. The van der Waals surface area contributed by atoms with E-state index in [1.807, 2.05) is 72.5 Å². The number of para-hydroxylation sites is 1. The summed E-state index contributed by atoms with van der Waals surface area (Å²) in [5.41, 5.74) is 2.30. The van der Waals surface area contributed by atoms with Crippen LogP contribution in [0.1, 0.15) is 29.2 Å². The van der Waals surface area contributed by atoms with E-state index in [4.69, 9.17) is 4.98 Å². The first-order valence-corrected chi connectivity index (χ1v) is 11.9. The maximum absolute atomic E-state index is 13.6. The first-order chi connectivity index (χ1) is 16.1. The van der Waals surface area contributed by atoms with Gasteiger partial charge in [0.15, 0.2) is 5.16 Å². The van der Waals surface area contributed by atoms with Crippen molar-refractivity contribution in [3.8, 4) is 5.82 Å². The van der Waals surface area contributed by atoms with Gasteiger partial charge < -0.3 is 4.90 Å². The zero-order valence-electron chi connectivity index (χ0n) is 18.3. The van der Waals surface area contributed by atoms with E-state index in [2.05, 4.69) is 4.98 Å². The van der Waals surface area contributed by atoms with Gasteiger partial charge in [0.1, 0.15) is 11.1 Å². The maximum atomic E-state index is 13.6. The van der Waals surface area contributed by atoms with Gasteiger partial charge in [-0.25, -0.2) is 14.5 Å². The number of rotatable bonds is 5. The number of carbonyl (C=O) groups excluding carboxylic acids is 1. The van der Waals surface area contributed by atoms with Gasteiger partial charge in [0.25, 0.3) is 5.56 Å². The van der Waals surface area contributed by atoms with E-state index in [1.165, 1.54) is 16.3 Å². The summed E-state index contributed by atoms with van der Waals surface area (Å²) in [6, 6.07) is 20.8.